The van der Waals surface area contributed by atoms with Crippen molar-refractivity contribution < 1.29 is 0 Å². The molecule has 2 aromatic rings. The van der Waals surface area contributed by atoms with Gasteiger partial charge in [-0.25, -0.2) is 4.98 Å². The Bertz CT molecular complexity index is 724. The first-order valence-electron chi connectivity index (χ1n) is 7.29. The Balaban J connectivity index is 2.19. The summed E-state index contributed by atoms with van der Waals surface area (Å²) in [6.45, 7) is 2.73. The normalized spacial score (nSPS) is 17.9. The van der Waals surface area contributed by atoms with E-state index in [-0.39, 0.29) is 15.7 Å². The molecule has 0 saturated heterocycles. The molecule has 5 heteroatoms. The summed E-state index contributed by atoms with van der Waals surface area (Å²) in [5, 5.41) is 0.457. The number of fused-ring (bicyclic) bond motifs is 1. The van der Waals surface area contributed by atoms with E-state index in [0.717, 1.165) is 24.8 Å². The highest BCUT2D eigenvalue weighted by atomic mass is 35.5. The van der Waals surface area contributed by atoms with Crippen molar-refractivity contribution in [1.82, 2.24) is 9.55 Å². The lowest BCUT2D eigenvalue weighted by atomic mass is 10.2. The van der Waals surface area contributed by atoms with Gasteiger partial charge in [-0.1, -0.05) is 19.1 Å². The van der Waals surface area contributed by atoms with Crippen LogP contribution in [0, 0.1) is 0 Å². The minimum atomic E-state index is -0.222. The third kappa shape index (κ3) is 2.71. The van der Waals surface area contributed by atoms with E-state index in [4.69, 9.17) is 11.6 Å². The van der Waals surface area contributed by atoms with E-state index >= 15 is 0 Å². The number of alkyl halides is 1. The molecule has 3 rings (SSSR count). The first-order valence-corrected chi connectivity index (χ1v) is 8.95. The molecule has 1 saturated carbocycles. The van der Waals surface area contributed by atoms with Gasteiger partial charge in [0.1, 0.15) is 5.82 Å². The van der Waals surface area contributed by atoms with Crippen LogP contribution in [-0.2, 0) is 6.54 Å². The molecule has 0 bridgehead atoms. The van der Waals surface area contributed by atoms with Gasteiger partial charge in [0, 0.05) is 11.3 Å². The summed E-state index contributed by atoms with van der Waals surface area (Å²) in [5.74, 6) is 0.711. The SMILES string of the molecule is CCC(Cl)c1nc2ccccc2c(=O)n1CC1(SC)CC1. The molecule has 1 heterocycles. The Kier molecular flexibility index (Phi) is 4.02. The number of benzene rings is 1. The monoisotopic (exact) mass is 322 g/mol. The quantitative estimate of drug-likeness (QED) is 0.781. The fourth-order valence-corrected chi connectivity index (χ4v) is 3.55. The second-order valence-electron chi connectivity index (χ2n) is 5.64. The molecular formula is C16H19ClN2OS. The van der Waals surface area contributed by atoms with Crippen molar-refractivity contribution in [2.75, 3.05) is 6.26 Å². The Hall–Kier alpha value is -1.00. The van der Waals surface area contributed by atoms with Gasteiger partial charge in [-0.2, -0.15) is 11.8 Å². The van der Waals surface area contributed by atoms with E-state index in [2.05, 4.69) is 11.2 Å². The van der Waals surface area contributed by atoms with Crippen LogP contribution in [0.5, 0.6) is 0 Å². The first-order chi connectivity index (χ1) is 10.1. The van der Waals surface area contributed by atoms with Crippen LogP contribution >= 0.6 is 23.4 Å². The molecule has 1 aromatic carbocycles. The van der Waals surface area contributed by atoms with Crippen LogP contribution in [-0.4, -0.2) is 20.6 Å². The number of rotatable bonds is 5. The molecule has 1 fully saturated rings. The van der Waals surface area contributed by atoms with Crippen LogP contribution in [0.3, 0.4) is 0 Å². The third-order valence-corrected chi connectivity index (χ3v) is 6.12. The maximum atomic E-state index is 12.8. The van der Waals surface area contributed by atoms with E-state index in [9.17, 15) is 4.79 Å². The fraction of sp³-hybridized carbons (Fsp3) is 0.500. The number of aromatic nitrogens is 2. The molecule has 112 valence electrons. The van der Waals surface area contributed by atoms with Gasteiger partial charge in [-0.05, 0) is 37.7 Å². The molecule has 0 amide bonds. The van der Waals surface area contributed by atoms with E-state index in [1.165, 1.54) is 0 Å². The Morgan fingerprint density at radius 2 is 2.14 bits per heavy atom. The lowest BCUT2D eigenvalue weighted by Gasteiger charge is -2.20. The van der Waals surface area contributed by atoms with Gasteiger partial charge in [0.15, 0.2) is 0 Å². The minimum Gasteiger partial charge on any atom is -0.293 e. The highest BCUT2D eigenvalue weighted by Crippen LogP contribution is 2.48. The third-order valence-electron chi connectivity index (χ3n) is 4.22. The van der Waals surface area contributed by atoms with Crippen LogP contribution in [0.2, 0.25) is 0 Å². The summed E-state index contributed by atoms with van der Waals surface area (Å²) < 4.78 is 2.01. The molecule has 0 aliphatic heterocycles. The van der Waals surface area contributed by atoms with Crippen LogP contribution < -0.4 is 5.56 Å². The van der Waals surface area contributed by atoms with Gasteiger partial charge in [-0.3, -0.25) is 9.36 Å². The number of para-hydroxylation sites is 1. The summed E-state index contributed by atoms with van der Waals surface area (Å²) in [5.41, 5.74) is 0.775. The van der Waals surface area contributed by atoms with Gasteiger partial charge in [0.05, 0.1) is 16.3 Å². The number of hydrogen-bond acceptors (Lipinski definition) is 3. The van der Waals surface area contributed by atoms with E-state index in [0.29, 0.717) is 17.8 Å². The van der Waals surface area contributed by atoms with Crippen molar-refractivity contribution >= 4 is 34.3 Å². The highest BCUT2D eigenvalue weighted by molar-refractivity contribution is 8.00. The molecule has 3 nitrogen and oxygen atoms in total. The second-order valence-corrected chi connectivity index (χ2v) is 7.44. The molecular weight excluding hydrogens is 304 g/mol. The van der Waals surface area contributed by atoms with Gasteiger partial charge >= 0.3 is 0 Å². The number of halogens is 1. The van der Waals surface area contributed by atoms with Crippen molar-refractivity contribution in [3.8, 4) is 0 Å². The second kappa shape index (κ2) is 5.65. The largest absolute Gasteiger partial charge is 0.293 e. The zero-order chi connectivity index (χ0) is 15.0. The van der Waals surface area contributed by atoms with Crippen molar-refractivity contribution in [1.29, 1.82) is 0 Å². The van der Waals surface area contributed by atoms with Gasteiger partial charge in [-0.15, -0.1) is 11.6 Å². The van der Waals surface area contributed by atoms with Crippen LogP contribution in [0.4, 0.5) is 0 Å². The fourth-order valence-electron chi connectivity index (χ4n) is 2.61. The van der Waals surface area contributed by atoms with Crippen molar-refractivity contribution in [3.63, 3.8) is 0 Å². The van der Waals surface area contributed by atoms with E-state index in [1.807, 2.05) is 47.5 Å². The Morgan fingerprint density at radius 3 is 2.76 bits per heavy atom. The molecule has 1 atom stereocenters. The average Bonchev–Trinajstić information content (AvgIpc) is 3.29. The van der Waals surface area contributed by atoms with Crippen LogP contribution in [0.1, 0.15) is 37.4 Å². The first kappa shape index (κ1) is 14.9. The molecule has 21 heavy (non-hydrogen) atoms. The summed E-state index contributed by atoms with van der Waals surface area (Å²) in [6.07, 6.45) is 5.20. The maximum absolute atomic E-state index is 12.8. The van der Waals surface area contributed by atoms with Crippen LogP contribution in [0.25, 0.3) is 10.9 Å². The average molecular weight is 323 g/mol. The summed E-state index contributed by atoms with van der Waals surface area (Å²) in [4.78, 5) is 17.5. The summed E-state index contributed by atoms with van der Waals surface area (Å²) in [7, 11) is 0. The zero-order valence-corrected chi connectivity index (χ0v) is 13.9. The number of hydrogen-bond donors (Lipinski definition) is 0. The predicted octanol–water partition coefficient (Wildman–Crippen LogP) is 3.98. The standard InChI is InChI=1S/C16H19ClN2OS/c1-3-12(17)14-18-13-7-5-4-6-11(13)15(20)19(14)10-16(21-2)8-9-16/h4-7,12H,3,8-10H2,1-2H3. The molecule has 0 spiro atoms. The van der Waals surface area contributed by atoms with Crippen molar-refractivity contribution in [2.45, 2.75) is 42.9 Å². The lowest BCUT2D eigenvalue weighted by molar-refractivity contribution is 0.581. The van der Waals surface area contributed by atoms with Gasteiger partial charge in [0.2, 0.25) is 0 Å². The number of nitrogens with zero attached hydrogens (tertiary/aromatic N) is 2. The topological polar surface area (TPSA) is 34.9 Å². The van der Waals surface area contributed by atoms with Crippen LogP contribution in [0.15, 0.2) is 29.1 Å². The highest BCUT2D eigenvalue weighted by Gasteiger charge is 2.43. The molecule has 0 radical (unpaired) electrons. The smallest absolute Gasteiger partial charge is 0.261 e. The minimum absolute atomic E-state index is 0.0371. The summed E-state index contributed by atoms with van der Waals surface area (Å²) in [6, 6.07) is 7.52. The van der Waals surface area contributed by atoms with E-state index < -0.39 is 0 Å². The number of thioether (sulfide) groups is 1. The van der Waals surface area contributed by atoms with Crippen molar-refractivity contribution in [2.24, 2.45) is 0 Å². The molecule has 1 unspecified atom stereocenters. The molecule has 1 aliphatic rings. The molecule has 1 aliphatic carbocycles. The lowest BCUT2D eigenvalue weighted by Crippen LogP contribution is -2.30. The van der Waals surface area contributed by atoms with Gasteiger partial charge < -0.3 is 0 Å². The van der Waals surface area contributed by atoms with Crippen molar-refractivity contribution in [3.05, 3.63) is 40.4 Å². The molecule has 0 N–H and O–H groups in total. The summed E-state index contributed by atoms with van der Waals surface area (Å²) >= 11 is 8.28. The molecule has 1 aromatic heterocycles. The Morgan fingerprint density at radius 1 is 1.43 bits per heavy atom. The van der Waals surface area contributed by atoms with E-state index in [1.54, 1.807) is 0 Å². The Labute approximate surface area is 133 Å². The zero-order valence-electron chi connectivity index (χ0n) is 12.3. The predicted molar refractivity (Wildman–Crippen MR) is 90.4 cm³/mol. The maximum Gasteiger partial charge on any atom is 0.261 e. The van der Waals surface area contributed by atoms with Gasteiger partial charge in [0.25, 0.3) is 5.56 Å².